The highest BCUT2D eigenvalue weighted by Crippen LogP contribution is 2.33. The van der Waals surface area contributed by atoms with Gasteiger partial charge in [-0.15, -0.1) is 0 Å². The van der Waals surface area contributed by atoms with Crippen molar-refractivity contribution in [1.82, 2.24) is 14.9 Å². The van der Waals surface area contributed by atoms with E-state index < -0.39 is 0 Å². The van der Waals surface area contributed by atoms with Gasteiger partial charge in [0.1, 0.15) is 5.82 Å². The van der Waals surface area contributed by atoms with Gasteiger partial charge in [-0.25, -0.2) is 9.97 Å². The van der Waals surface area contributed by atoms with Gasteiger partial charge >= 0.3 is 0 Å². The number of benzene rings is 1. The minimum absolute atomic E-state index is 0.0156. The average Bonchev–Trinajstić information content (AvgIpc) is 2.63. The Kier molecular flexibility index (Phi) is 6.00. The summed E-state index contributed by atoms with van der Waals surface area (Å²) in [5.74, 6) is 2.62. The summed E-state index contributed by atoms with van der Waals surface area (Å²) in [6.45, 7) is 14.4. The summed E-state index contributed by atoms with van der Waals surface area (Å²) in [5.41, 5.74) is 3.57. The van der Waals surface area contributed by atoms with Gasteiger partial charge in [0.2, 0.25) is 0 Å². The minimum Gasteiger partial charge on any atom is -0.490 e. The first-order chi connectivity index (χ1) is 12.9. The maximum atomic E-state index is 5.91. The molecule has 2 aromatic rings. The number of nitrogens with zero attached hydrogens (tertiary/aromatic N) is 3. The van der Waals surface area contributed by atoms with Crippen molar-refractivity contribution in [2.75, 3.05) is 19.8 Å². The zero-order valence-electron chi connectivity index (χ0n) is 17.2. The Balaban J connectivity index is 1.78. The highest BCUT2D eigenvalue weighted by Gasteiger charge is 2.23. The summed E-state index contributed by atoms with van der Waals surface area (Å²) in [4.78, 5) is 11.9. The molecule has 0 spiro atoms. The third-order valence-electron chi connectivity index (χ3n) is 4.73. The molecular weight excluding hydrogens is 338 g/mol. The number of ether oxygens (including phenoxy) is 2. The second-order valence-corrected chi connectivity index (χ2v) is 7.99. The van der Waals surface area contributed by atoms with Crippen LogP contribution in [0.3, 0.4) is 0 Å². The lowest BCUT2D eigenvalue weighted by Crippen LogP contribution is -2.32. The van der Waals surface area contributed by atoms with Crippen LogP contribution >= 0.6 is 0 Å². The molecule has 3 rings (SSSR count). The molecule has 2 heterocycles. The zero-order valence-corrected chi connectivity index (χ0v) is 17.2. The van der Waals surface area contributed by atoms with Gasteiger partial charge in [0.05, 0.1) is 13.2 Å². The number of hydrogen-bond acceptors (Lipinski definition) is 5. The monoisotopic (exact) mass is 369 g/mol. The molecule has 0 fully saturated rings. The molecule has 0 N–H and O–H groups in total. The second kappa shape index (κ2) is 8.26. The minimum atomic E-state index is -0.0156. The molecule has 0 aliphatic carbocycles. The molecule has 5 heteroatoms. The van der Waals surface area contributed by atoms with E-state index in [9.17, 15) is 0 Å². The van der Waals surface area contributed by atoms with Crippen LogP contribution < -0.4 is 9.47 Å². The molecule has 0 amide bonds. The maximum absolute atomic E-state index is 5.91. The Bertz CT molecular complexity index is 784. The van der Waals surface area contributed by atoms with Gasteiger partial charge in [0.25, 0.3) is 0 Å². The van der Waals surface area contributed by atoms with Crippen LogP contribution in [0.4, 0.5) is 0 Å². The summed E-state index contributed by atoms with van der Waals surface area (Å²) in [5, 5.41) is 0. The number of hydrogen-bond donors (Lipinski definition) is 0. The van der Waals surface area contributed by atoms with Crippen LogP contribution in [0, 0.1) is 0 Å². The van der Waals surface area contributed by atoms with E-state index in [4.69, 9.17) is 14.5 Å². The van der Waals surface area contributed by atoms with Crippen molar-refractivity contribution in [3.63, 3.8) is 0 Å². The first kappa shape index (κ1) is 19.6. The van der Waals surface area contributed by atoms with Crippen molar-refractivity contribution >= 4 is 0 Å². The molecule has 1 aliphatic heterocycles. The molecule has 0 saturated carbocycles. The van der Waals surface area contributed by atoms with Gasteiger partial charge in [-0.3, -0.25) is 4.90 Å². The SMILES string of the molecule is CCOc1cccc(CN2CCc3nc(C(C)(C)C)ncc3C2)c1OCC. The highest BCUT2D eigenvalue weighted by atomic mass is 16.5. The molecule has 0 atom stereocenters. The van der Waals surface area contributed by atoms with E-state index in [-0.39, 0.29) is 5.41 Å². The van der Waals surface area contributed by atoms with E-state index >= 15 is 0 Å². The topological polar surface area (TPSA) is 47.5 Å². The van der Waals surface area contributed by atoms with E-state index in [1.165, 1.54) is 16.8 Å². The first-order valence-corrected chi connectivity index (χ1v) is 9.87. The Morgan fingerprint density at radius 3 is 2.59 bits per heavy atom. The van der Waals surface area contributed by atoms with Crippen molar-refractivity contribution in [3.05, 3.63) is 47.0 Å². The number of para-hydroxylation sites is 1. The second-order valence-electron chi connectivity index (χ2n) is 7.99. The van der Waals surface area contributed by atoms with Crippen molar-refractivity contribution in [1.29, 1.82) is 0 Å². The smallest absolute Gasteiger partial charge is 0.165 e. The fourth-order valence-electron chi connectivity index (χ4n) is 3.37. The molecule has 0 bridgehead atoms. The van der Waals surface area contributed by atoms with Crippen molar-refractivity contribution in [2.24, 2.45) is 0 Å². The van der Waals surface area contributed by atoms with E-state index in [0.29, 0.717) is 13.2 Å². The zero-order chi connectivity index (χ0) is 19.4. The summed E-state index contributed by atoms with van der Waals surface area (Å²) in [6.07, 6.45) is 2.96. The lowest BCUT2D eigenvalue weighted by molar-refractivity contribution is 0.232. The molecule has 27 heavy (non-hydrogen) atoms. The van der Waals surface area contributed by atoms with Crippen LogP contribution in [0.1, 0.15) is 57.3 Å². The Hall–Kier alpha value is -2.14. The van der Waals surface area contributed by atoms with Gasteiger partial charge in [-0.1, -0.05) is 32.9 Å². The van der Waals surface area contributed by atoms with Gasteiger partial charge in [0, 0.05) is 54.5 Å². The largest absolute Gasteiger partial charge is 0.490 e. The van der Waals surface area contributed by atoms with Gasteiger partial charge in [-0.2, -0.15) is 0 Å². The molecule has 0 radical (unpaired) electrons. The summed E-state index contributed by atoms with van der Waals surface area (Å²) in [6, 6.07) is 6.15. The molecule has 146 valence electrons. The van der Waals surface area contributed by atoms with Crippen LogP contribution in [0.5, 0.6) is 11.5 Å². The molecule has 1 aliphatic rings. The van der Waals surface area contributed by atoms with Crippen LogP contribution in [0.15, 0.2) is 24.4 Å². The van der Waals surface area contributed by atoms with Gasteiger partial charge in [-0.05, 0) is 19.9 Å². The molecule has 5 nitrogen and oxygen atoms in total. The fraction of sp³-hybridized carbons (Fsp3) is 0.545. The maximum Gasteiger partial charge on any atom is 0.165 e. The quantitative estimate of drug-likeness (QED) is 0.766. The van der Waals surface area contributed by atoms with E-state index in [2.05, 4.69) is 36.7 Å². The Labute approximate surface area is 162 Å². The Morgan fingerprint density at radius 2 is 1.89 bits per heavy atom. The third-order valence-corrected chi connectivity index (χ3v) is 4.73. The van der Waals surface area contributed by atoms with Gasteiger partial charge < -0.3 is 9.47 Å². The Morgan fingerprint density at radius 1 is 1.11 bits per heavy atom. The predicted octanol–water partition coefficient (Wildman–Crippen LogP) is 4.13. The van der Waals surface area contributed by atoms with E-state index in [1.54, 1.807) is 0 Å². The molecule has 0 unspecified atom stereocenters. The summed E-state index contributed by atoms with van der Waals surface area (Å²) >= 11 is 0. The van der Waals surface area contributed by atoms with Crippen molar-refractivity contribution < 1.29 is 9.47 Å². The van der Waals surface area contributed by atoms with Crippen LogP contribution in [0.2, 0.25) is 0 Å². The normalized spacial score (nSPS) is 14.7. The first-order valence-electron chi connectivity index (χ1n) is 9.87. The average molecular weight is 370 g/mol. The van der Waals surface area contributed by atoms with E-state index in [1.807, 2.05) is 32.2 Å². The molecular formula is C22H31N3O2. The van der Waals surface area contributed by atoms with Crippen molar-refractivity contribution in [2.45, 2.75) is 59.5 Å². The lowest BCUT2D eigenvalue weighted by atomic mass is 9.95. The number of rotatable bonds is 6. The standard InChI is InChI=1S/C22H31N3O2/c1-6-26-19-10-8-9-16(20(19)27-7-2)14-25-12-11-18-17(15-25)13-23-21(24-18)22(3,4)5/h8-10,13H,6-7,11-12,14-15H2,1-5H3. The molecule has 0 saturated heterocycles. The highest BCUT2D eigenvalue weighted by molar-refractivity contribution is 5.46. The van der Waals surface area contributed by atoms with Crippen LogP contribution in [-0.4, -0.2) is 34.6 Å². The predicted molar refractivity (Wildman–Crippen MR) is 107 cm³/mol. The van der Waals surface area contributed by atoms with Crippen LogP contribution in [-0.2, 0) is 24.9 Å². The van der Waals surface area contributed by atoms with Crippen molar-refractivity contribution in [3.8, 4) is 11.5 Å². The third kappa shape index (κ3) is 4.59. The van der Waals surface area contributed by atoms with E-state index in [0.717, 1.165) is 43.4 Å². The summed E-state index contributed by atoms with van der Waals surface area (Å²) < 4.78 is 11.7. The molecule has 1 aromatic carbocycles. The summed E-state index contributed by atoms with van der Waals surface area (Å²) in [7, 11) is 0. The van der Waals surface area contributed by atoms with Gasteiger partial charge in [0.15, 0.2) is 11.5 Å². The van der Waals surface area contributed by atoms with Crippen LogP contribution in [0.25, 0.3) is 0 Å². The number of aromatic nitrogens is 2. The lowest BCUT2D eigenvalue weighted by Gasteiger charge is -2.29. The molecule has 1 aromatic heterocycles. The fourth-order valence-corrected chi connectivity index (χ4v) is 3.37. The number of fused-ring (bicyclic) bond motifs is 1.